The molecule has 0 heterocycles. The molecule has 0 aliphatic rings. The van der Waals surface area contributed by atoms with E-state index in [9.17, 15) is 14.5 Å². The number of halogens is 1. The molecule has 0 bridgehead atoms. The van der Waals surface area contributed by atoms with E-state index < -0.39 is 10.7 Å². The van der Waals surface area contributed by atoms with Gasteiger partial charge in [0.05, 0.1) is 23.3 Å². The summed E-state index contributed by atoms with van der Waals surface area (Å²) in [6.45, 7) is 5.67. The van der Waals surface area contributed by atoms with Crippen molar-refractivity contribution < 1.29 is 14.1 Å². The maximum atomic E-state index is 13.4. The lowest BCUT2D eigenvalue weighted by molar-refractivity contribution is -0.385. The second kappa shape index (κ2) is 6.90. The Hall–Kier alpha value is -1.69. The minimum Gasteiger partial charge on any atom is -0.380 e. The number of benzene rings is 1. The number of rotatable bonds is 7. The van der Waals surface area contributed by atoms with Crippen LogP contribution in [-0.4, -0.2) is 24.7 Å². The van der Waals surface area contributed by atoms with E-state index in [0.717, 1.165) is 6.07 Å². The molecule has 6 heteroatoms. The van der Waals surface area contributed by atoms with Crippen molar-refractivity contribution in [2.75, 3.05) is 25.1 Å². The predicted octanol–water partition coefficient (Wildman–Crippen LogP) is 2.82. The fraction of sp³-hybridized carbons (Fsp3) is 0.500. The van der Waals surface area contributed by atoms with Crippen LogP contribution in [0.3, 0.4) is 0 Å². The van der Waals surface area contributed by atoms with Gasteiger partial charge in [0.15, 0.2) is 5.82 Å². The summed E-state index contributed by atoms with van der Waals surface area (Å²) in [6.07, 6.45) is 0. The van der Waals surface area contributed by atoms with Gasteiger partial charge in [0.2, 0.25) is 0 Å². The first-order chi connectivity index (χ1) is 8.50. The normalized spacial score (nSPS) is 10.7. The van der Waals surface area contributed by atoms with E-state index in [1.165, 1.54) is 12.1 Å². The summed E-state index contributed by atoms with van der Waals surface area (Å²) in [6, 6.07) is 3.52. The summed E-state index contributed by atoms with van der Waals surface area (Å²) < 4.78 is 18.8. The highest BCUT2D eigenvalue weighted by Gasteiger charge is 2.09. The highest BCUT2D eigenvalue weighted by atomic mass is 19.1. The van der Waals surface area contributed by atoms with Gasteiger partial charge in [-0.15, -0.1) is 0 Å². The summed E-state index contributed by atoms with van der Waals surface area (Å²) in [7, 11) is 0. The number of nitrogens with one attached hydrogen (secondary N) is 1. The van der Waals surface area contributed by atoms with Gasteiger partial charge in [-0.2, -0.15) is 0 Å². The van der Waals surface area contributed by atoms with Crippen LogP contribution in [0, 0.1) is 21.8 Å². The van der Waals surface area contributed by atoms with Crippen molar-refractivity contribution in [3.05, 3.63) is 34.1 Å². The number of non-ortho nitro benzene ring substituents is 1. The molecule has 0 atom stereocenters. The van der Waals surface area contributed by atoms with Gasteiger partial charge in [-0.25, -0.2) is 4.39 Å². The topological polar surface area (TPSA) is 64.4 Å². The Morgan fingerprint density at radius 2 is 2.22 bits per heavy atom. The second-order valence-electron chi connectivity index (χ2n) is 4.32. The Morgan fingerprint density at radius 1 is 1.50 bits per heavy atom. The minimum atomic E-state index is -0.631. The molecule has 1 aromatic rings. The molecule has 0 saturated carbocycles. The van der Waals surface area contributed by atoms with E-state index in [2.05, 4.69) is 5.32 Å². The Bertz CT molecular complexity index is 410. The second-order valence-corrected chi connectivity index (χ2v) is 4.32. The highest BCUT2D eigenvalue weighted by molar-refractivity contribution is 5.50. The van der Waals surface area contributed by atoms with Gasteiger partial charge in [0.25, 0.3) is 5.69 Å². The molecule has 0 fully saturated rings. The van der Waals surface area contributed by atoms with Gasteiger partial charge in [0, 0.05) is 19.2 Å². The molecule has 0 amide bonds. The first-order valence-corrected chi connectivity index (χ1v) is 5.76. The zero-order valence-electron chi connectivity index (χ0n) is 10.5. The van der Waals surface area contributed by atoms with Gasteiger partial charge >= 0.3 is 0 Å². The fourth-order valence-corrected chi connectivity index (χ4v) is 1.34. The number of hydrogen-bond acceptors (Lipinski definition) is 4. The van der Waals surface area contributed by atoms with Gasteiger partial charge < -0.3 is 10.1 Å². The molecule has 0 aliphatic heterocycles. The third-order valence-electron chi connectivity index (χ3n) is 2.18. The van der Waals surface area contributed by atoms with Gasteiger partial charge in [-0.3, -0.25) is 10.1 Å². The maximum absolute atomic E-state index is 13.4. The molecule has 0 spiro atoms. The summed E-state index contributed by atoms with van der Waals surface area (Å²) in [4.78, 5) is 9.80. The van der Waals surface area contributed by atoms with Crippen LogP contribution in [0.5, 0.6) is 0 Å². The molecule has 0 aromatic heterocycles. The molecule has 0 radical (unpaired) electrons. The Morgan fingerprint density at radius 3 is 2.78 bits per heavy atom. The van der Waals surface area contributed by atoms with E-state index in [1.54, 1.807) is 0 Å². The van der Waals surface area contributed by atoms with E-state index >= 15 is 0 Å². The number of ether oxygens (including phenoxy) is 1. The van der Waals surface area contributed by atoms with Crippen LogP contribution in [0.4, 0.5) is 15.8 Å². The minimum absolute atomic E-state index is 0.244. The summed E-state index contributed by atoms with van der Waals surface area (Å²) >= 11 is 0. The van der Waals surface area contributed by atoms with E-state index in [1.807, 2.05) is 13.8 Å². The van der Waals surface area contributed by atoms with Gasteiger partial charge in [0.1, 0.15) is 0 Å². The third-order valence-corrected chi connectivity index (χ3v) is 2.18. The number of nitro groups is 1. The lowest BCUT2D eigenvalue weighted by atomic mass is 10.2. The molecule has 100 valence electrons. The maximum Gasteiger partial charge on any atom is 0.272 e. The Labute approximate surface area is 105 Å². The molecule has 1 N–H and O–H groups in total. The van der Waals surface area contributed by atoms with Crippen LogP contribution in [0.2, 0.25) is 0 Å². The number of nitro benzene ring substituents is 1. The lowest BCUT2D eigenvalue weighted by Gasteiger charge is -2.09. The Kier molecular flexibility index (Phi) is 5.51. The molecule has 1 aromatic carbocycles. The number of anilines is 1. The molecule has 1 rings (SSSR count). The predicted molar refractivity (Wildman–Crippen MR) is 67.2 cm³/mol. The average molecular weight is 256 g/mol. The molecule has 18 heavy (non-hydrogen) atoms. The van der Waals surface area contributed by atoms with Crippen LogP contribution < -0.4 is 5.32 Å². The smallest absolute Gasteiger partial charge is 0.272 e. The van der Waals surface area contributed by atoms with E-state index in [-0.39, 0.29) is 11.4 Å². The standard InChI is InChI=1S/C12H17FN2O3/c1-9(2)8-18-6-5-14-12-4-3-10(15(16)17)7-11(12)13/h3-4,7,9,14H,5-6,8H2,1-2H3. The van der Waals surface area contributed by atoms with Crippen molar-refractivity contribution in [1.29, 1.82) is 0 Å². The van der Waals surface area contributed by atoms with Gasteiger partial charge in [-0.05, 0) is 12.0 Å². The lowest BCUT2D eigenvalue weighted by Crippen LogP contribution is -2.12. The van der Waals surface area contributed by atoms with Crippen LogP contribution in [0.15, 0.2) is 18.2 Å². The quantitative estimate of drug-likeness (QED) is 0.463. The number of nitrogens with zero attached hydrogens (tertiary/aromatic N) is 1. The molecule has 0 unspecified atom stereocenters. The highest BCUT2D eigenvalue weighted by Crippen LogP contribution is 2.20. The summed E-state index contributed by atoms with van der Waals surface area (Å²) in [5, 5.41) is 13.3. The zero-order chi connectivity index (χ0) is 13.5. The molecule has 0 saturated heterocycles. The van der Waals surface area contributed by atoms with Gasteiger partial charge in [-0.1, -0.05) is 13.8 Å². The average Bonchev–Trinajstić information content (AvgIpc) is 2.29. The van der Waals surface area contributed by atoms with Crippen LogP contribution in [-0.2, 0) is 4.74 Å². The van der Waals surface area contributed by atoms with Crippen molar-refractivity contribution in [1.82, 2.24) is 0 Å². The molecular formula is C12H17FN2O3. The molecular weight excluding hydrogens is 239 g/mol. The van der Waals surface area contributed by atoms with Crippen molar-refractivity contribution in [3.63, 3.8) is 0 Å². The fourth-order valence-electron chi connectivity index (χ4n) is 1.34. The molecule has 0 aliphatic carbocycles. The van der Waals surface area contributed by atoms with Crippen molar-refractivity contribution in [2.24, 2.45) is 5.92 Å². The monoisotopic (exact) mass is 256 g/mol. The Balaban J connectivity index is 2.41. The van der Waals surface area contributed by atoms with Crippen molar-refractivity contribution in [3.8, 4) is 0 Å². The zero-order valence-corrected chi connectivity index (χ0v) is 10.5. The largest absolute Gasteiger partial charge is 0.380 e. The van der Waals surface area contributed by atoms with E-state index in [0.29, 0.717) is 25.7 Å². The number of hydrogen-bond donors (Lipinski definition) is 1. The first kappa shape index (κ1) is 14.4. The molecule has 5 nitrogen and oxygen atoms in total. The summed E-state index contributed by atoms with van der Waals surface area (Å²) in [5.41, 5.74) is -0.0112. The van der Waals surface area contributed by atoms with Crippen LogP contribution >= 0.6 is 0 Å². The SMILES string of the molecule is CC(C)COCCNc1ccc([N+](=O)[O-])cc1F. The summed E-state index contributed by atoms with van der Waals surface area (Å²) in [5.74, 6) is -0.172. The van der Waals surface area contributed by atoms with Crippen LogP contribution in [0.25, 0.3) is 0 Å². The first-order valence-electron chi connectivity index (χ1n) is 5.76. The van der Waals surface area contributed by atoms with Crippen LogP contribution in [0.1, 0.15) is 13.8 Å². The van der Waals surface area contributed by atoms with Crippen molar-refractivity contribution in [2.45, 2.75) is 13.8 Å². The third kappa shape index (κ3) is 4.67. The van der Waals surface area contributed by atoms with Crippen molar-refractivity contribution >= 4 is 11.4 Å². The van der Waals surface area contributed by atoms with E-state index in [4.69, 9.17) is 4.74 Å².